The molecule has 9 heteroatoms. The number of allylic oxidation sites excluding steroid dienone is 1. The number of amides is 1. The first kappa shape index (κ1) is 50.2. The third-order valence-electron chi connectivity index (χ3n) is 9.76. The summed E-state index contributed by atoms with van der Waals surface area (Å²) in [6.45, 7) is 4.82. The molecule has 0 bridgehead atoms. The SMILES string of the molecule is CCCCCCCCCCCCCC=CC(O)C(COP(=O)(O)OCC[N+](C)(C)C)NC(=O)CCCCCCCCCCCCCCCCCC. The van der Waals surface area contributed by atoms with Gasteiger partial charge < -0.3 is 19.8 Å². The molecule has 0 aromatic rings. The molecule has 0 saturated heterocycles. The van der Waals surface area contributed by atoms with Crippen LogP contribution in [0.5, 0.6) is 0 Å². The molecule has 3 unspecified atom stereocenters. The second kappa shape index (κ2) is 35.0. The highest BCUT2D eigenvalue weighted by Gasteiger charge is 2.27. The molecule has 0 aromatic heterocycles. The first-order valence-corrected chi connectivity index (χ1v) is 23.1. The summed E-state index contributed by atoms with van der Waals surface area (Å²) in [6, 6.07) is -0.838. The summed E-state index contributed by atoms with van der Waals surface area (Å²) in [6.07, 6.45) is 38.4. The summed E-state index contributed by atoms with van der Waals surface area (Å²) in [5.74, 6) is -0.175. The largest absolute Gasteiger partial charge is 0.472 e. The van der Waals surface area contributed by atoms with Gasteiger partial charge in [0.25, 0.3) is 0 Å². The number of phosphoric ester groups is 1. The molecule has 0 saturated carbocycles. The second-order valence-electron chi connectivity index (χ2n) is 16.1. The number of unbranched alkanes of at least 4 members (excludes halogenated alkanes) is 26. The molecule has 304 valence electrons. The van der Waals surface area contributed by atoms with Crippen molar-refractivity contribution < 1.29 is 32.9 Å². The number of nitrogens with one attached hydrogen (secondary N) is 1. The lowest BCUT2D eigenvalue weighted by Crippen LogP contribution is -2.45. The number of carbonyl (C=O) groups excluding carboxylic acids is 1. The maximum absolute atomic E-state index is 12.8. The fourth-order valence-corrected chi connectivity index (χ4v) is 7.01. The van der Waals surface area contributed by atoms with Gasteiger partial charge in [-0.15, -0.1) is 0 Å². The Balaban J connectivity index is 4.41. The van der Waals surface area contributed by atoms with Crippen molar-refractivity contribution in [2.75, 3.05) is 40.9 Å². The predicted molar refractivity (Wildman–Crippen MR) is 217 cm³/mol. The van der Waals surface area contributed by atoms with Crippen molar-refractivity contribution >= 4 is 13.7 Å². The topological polar surface area (TPSA) is 105 Å². The monoisotopic (exact) mass is 746 g/mol. The third-order valence-corrected chi connectivity index (χ3v) is 10.7. The molecule has 0 radical (unpaired) electrons. The van der Waals surface area contributed by atoms with Gasteiger partial charge in [-0.25, -0.2) is 4.57 Å². The minimum atomic E-state index is -4.33. The zero-order valence-electron chi connectivity index (χ0n) is 34.4. The number of hydrogen-bond donors (Lipinski definition) is 3. The van der Waals surface area contributed by atoms with E-state index in [-0.39, 0.29) is 19.1 Å². The maximum atomic E-state index is 12.8. The summed E-state index contributed by atoms with van der Waals surface area (Å²) in [4.78, 5) is 23.1. The lowest BCUT2D eigenvalue weighted by Gasteiger charge is -2.25. The van der Waals surface area contributed by atoms with Gasteiger partial charge in [0.15, 0.2) is 0 Å². The molecule has 1 amide bonds. The smallest absolute Gasteiger partial charge is 0.387 e. The summed E-state index contributed by atoms with van der Waals surface area (Å²) < 4.78 is 23.5. The fraction of sp³-hybridized carbons (Fsp3) is 0.929. The van der Waals surface area contributed by atoms with Crippen LogP contribution in [0.3, 0.4) is 0 Å². The zero-order chi connectivity index (χ0) is 37.9. The van der Waals surface area contributed by atoms with Crippen LogP contribution in [0.15, 0.2) is 12.2 Å². The number of rotatable bonds is 39. The van der Waals surface area contributed by atoms with Crippen molar-refractivity contribution in [1.82, 2.24) is 5.32 Å². The van der Waals surface area contributed by atoms with E-state index in [1.54, 1.807) is 6.08 Å². The van der Waals surface area contributed by atoms with Gasteiger partial charge in [0.05, 0.1) is 39.9 Å². The van der Waals surface area contributed by atoms with Crippen molar-refractivity contribution in [1.29, 1.82) is 0 Å². The van der Waals surface area contributed by atoms with E-state index < -0.39 is 20.0 Å². The van der Waals surface area contributed by atoms with Crippen LogP contribution >= 0.6 is 7.82 Å². The van der Waals surface area contributed by atoms with E-state index in [0.717, 1.165) is 38.5 Å². The number of quaternary nitrogens is 1. The number of aliphatic hydroxyl groups excluding tert-OH is 1. The van der Waals surface area contributed by atoms with E-state index in [9.17, 15) is 19.4 Å². The Labute approximate surface area is 316 Å². The standard InChI is InChI=1S/C42H85N2O6P/c1-6-8-10-12-14-16-18-20-21-22-24-26-28-30-32-34-36-42(46)43-40(39-50-51(47,48)49-38-37-44(3,4)5)41(45)35-33-31-29-27-25-23-19-17-15-13-11-9-7-2/h33,35,40-41,45H,6-32,34,36-39H2,1-5H3,(H-,43,46,47,48)/p+1. The lowest BCUT2D eigenvalue weighted by atomic mass is 10.0. The Morgan fingerprint density at radius 2 is 1.04 bits per heavy atom. The molecule has 0 fully saturated rings. The van der Waals surface area contributed by atoms with Gasteiger partial charge in [0.2, 0.25) is 5.91 Å². The number of hydrogen-bond acceptors (Lipinski definition) is 5. The highest BCUT2D eigenvalue weighted by molar-refractivity contribution is 7.47. The summed E-state index contributed by atoms with van der Waals surface area (Å²) in [7, 11) is 1.58. The van der Waals surface area contributed by atoms with Crippen molar-refractivity contribution in [3.8, 4) is 0 Å². The van der Waals surface area contributed by atoms with Gasteiger partial charge in [-0.2, -0.15) is 0 Å². The lowest BCUT2D eigenvalue weighted by molar-refractivity contribution is -0.870. The number of phosphoric acid groups is 1. The molecular formula is C42H86N2O6P+. The molecule has 0 aliphatic heterocycles. The Morgan fingerprint density at radius 3 is 1.45 bits per heavy atom. The fourth-order valence-electron chi connectivity index (χ4n) is 6.28. The molecule has 51 heavy (non-hydrogen) atoms. The minimum Gasteiger partial charge on any atom is -0.387 e. The second-order valence-corrected chi connectivity index (χ2v) is 17.5. The van der Waals surface area contributed by atoms with Gasteiger partial charge in [-0.3, -0.25) is 13.8 Å². The maximum Gasteiger partial charge on any atom is 0.472 e. The molecule has 0 aliphatic rings. The van der Waals surface area contributed by atoms with Crippen LogP contribution in [-0.4, -0.2) is 73.4 Å². The van der Waals surface area contributed by atoms with E-state index in [0.29, 0.717) is 17.4 Å². The molecule has 0 heterocycles. The van der Waals surface area contributed by atoms with Gasteiger partial charge in [0, 0.05) is 6.42 Å². The van der Waals surface area contributed by atoms with Crippen LogP contribution in [0.2, 0.25) is 0 Å². The van der Waals surface area contributed by atoms with Gasteiger partial charge >= 0.3 is 7.82 Å². The highest BCUT2D eigenvalue weighted by Crippen LogP contribution is 2.43. The Kier molecular flexibility index (Phi) is 34.5. The van der Waals surface area contributed by atoms with E-state index in [1.165, 1.54) is 141 Å². The van der Waals surface area contributed by atoms with Gasteiger partial charge in [-0.1, -0.05) is 187 Å². The molecule has 0 aliphatic carbocycles. The van der Waals surface area contributed by atoms with Crippen LogP contribution in [-0.2, 0) is 18.4 Å². The Morgan fingerprint density at radius 1 is 0.647 bits per heavy atom. The molecular weight excluding hydrogens is 659 g/mol. The van der Waals surface area contributed by atoms with Crippen LogP contribution in [0.25, 0.3) is 0 Å². The van der Waals surface area contributed by atoms with E-state index >= 15 is 0 Å². The molecule has 8 nitrogen and oxygen atoms in total. The highest BCUT2D eigenvalue weighted by atomic mass is 31.2. The Bertz CT molecular complexity index is 850. The number of likely N-dealkylation sites (N-methyl/N-ethyl adjacent to an activating group) is 1. The summed E-state index contributed by atoms with van der Waals surface area (Å²) in [5, 5.41) is 13.8. The van der Waals surface area contributed by atoms with E-state index in [4.69, 9.17) is 9.05 Å². The molecule has 0 aromatic carbocycles. The normalized spacial score (nSPS) is 14.6. The minimum absolute atomic E-state index is 0.0645. The predicted octanol–water partition coefficient (Wildman–Crippen LogP) is 11.6. The number of nitrogens with zero attached hydrogens (tertiary/aromatic N) is 1. The summed E-state index contributed by atoms with van der Waals surface area (Å²) >= 11 is 0. The van der Waals surface area contributed by atoms with Crippen LogP contribution in [0, 0.1) is 0 Å². The van der Waals surface area contributed by atoms with Crippen molar-refractivity contribution in [3.63, 3.8) is 0 Å². The molecule has 3 atom stereocenters. The molecule has 0 spiro atoms. The van der Waals surface area contributed by atoms with Crippen LogP contribution in [0.1, 0.15) is 200 Å². The first-order chi connectivity index (χ1) is 24.5. The first-order valence-electron chi connectivity index (χ1n) is 21.6. The average Bonchev–Trinajstić information content (AvgIpc) is 3.07. The van der Waals surface area contributed by atoms with Crippen LogP contribution < -0.4 is 5.32 Å². The van der Waals surface area contributed by atoms with Crippen molar-refractivity contribution in [3.05, 3.63) is 12.2 Å². The van der Waals surface area contributed by atoms with Gasteiger partial charge in [0.1, 0.15) is 13.2 Å². The number of carbonyl (C=O) groups is 1. The van der Waals surface area contributed by atoms with E-state index in [1.807, 2.05) is 27.2 Å². The Hall–Kier alpha value is -0.760. The quantitative estimate of drug-likeness (QED) is 0.0250. The third kappa shape index (κ3) is 37.4. The van der Waals surface area contributed by atoms with Gasteiger partial charge in [-0.05, 0) is 19.3 Å². The zero-order valence-corrected chi connectivity index (χ0v) is 35.3. The molecule has 0 rings (SSSR count). The van der Waals surface area contributed by atoms with Crippen LogP contribution in [0.4, 0.5) is 0 Å². The number of aliphatic hydroxyl groups is 1. The summed E-state index contributed by atoms with van der Waals surface area (Å²) in [5.41, 5.74) is 0. The van der Waals surface area contributed by atoms with Crippen molar-refractivity contribution in [2.45, 2.75) is 212 Å². The van der Waals surface area contributed by atoms with Crippen molar-refractivity contribution in [2.24, 2.45) is 0 Å². The average molecular weight is 746 g/mol. The van der Waals surface area contributed by atoms with E-state index in [2.05, 4.69) is 19.2 Å². The molecule has 3 N–H and O–H groups in total.